The van der Waals surface area contributed by atoms with Crippen LogP contribution in [0.3, 0.4) is 0 Å². The van der Waals surface area contributed by atoms with Crippen molar-refractivity contribution in [1.82, 2.24) is 19.6 Å². The Morgan fingerprint density at radius 1 is 0.909 bits per heavy atom. The summed E-state index contributed by atoms with van der Waals surface area (Å²) in [6.07, 6.45) is 0.991. The van der Waals surface area contributed by atoms with Crippen molar-refractivity contribution < 1.29 is 19.1 Å². The number of amides is 3. The molecule has 2 fully saturated rings. The van der Waals surface area contributed by atoms with E-state index >= 15 is 0 Å². The highest BCUT2D eigenvalue weighted by molar-refractivity contribution is 5.89. The molecule has 180 valence electrons. The van der Waals surface area contributed by atoms with Gasteiger partial charge in [0.25, 0.3) is 0 Å². The molecule has 3 heterocycles. The van der Waals surface area contributed by atoms with Crippen LogP contribution in [0.4, 0.5) is 0 Å². The minimum Gasteiger partial charge on any atom is -0.379 e. The molecule has 1 aromatic rings. The lowest BCUT2D eigenvalue weighted by Crippen LogP contribution is -2.59. The van der Waals surface area contributed by atoms with Crippen LogP contribution >= 0.6 is 0 Å². The monoisotopic (exact) mass is 456 g/mol. The van der Waals surface area contributed by atoms with Crippen LogP contribution in [0, 0.1) is 5.92 Å². The Morgan fingerprint density at radius 3 is 2.21 bits per heavy atom. The third kappa shape index (κ3) is 5.73. The second-order valence-electron chi connectivity index (χ2n) is 9.70. The second-order valence-corrected chi connectivity index (χ2v) is 9.70. The Bertz CT molecular complexity index is 860. The van der Waals surface area contributed by atoms with Crippen LogP contribution in [-0.2, 0) is 32.1 Å². The maximum atomic E-state index is 13.6. The molecule has 1 aromatic carbocycles. The van der Waals surface area contributed by atoms with Crippen molar-refractivity contribution in [1.29, 1.82) is 0 Å². The lowest BCUT2D eigenvalue weighted by molar-refractivity contribution is -0.150. The number of ether oxygens (including phenoxy) is 1. The minimum atomic E-state index is -0.471. The van der Waals surface area contributed by atoms with Crippen molar-refractivity contribution in [3.63, 3.8) is 0 Å². The SMILES string of the molecule is CC(C)CC(=O)N1Cc2ccccc2CC1C(=O)N1CCN(C(=O)CN2CCOCC2)CC1. The predicted molar refractivity (Wildman–Crippen MR) is 124 cm³/mol. The number of hydrogen-bond acceptors (Lipinski definition) is 5. The molecule has 1 atom stereocenters. The van der Waals surface area contributed by atoms with Crippen molar-refractivity contribution in [2.24, 2.45) is 5.92 Å². The van der Waals surface area contributed by atoms with Gasteiger partial charge in [-0.1, -0.05) is 38.1 Å². The lowest BCUT2D eigenvalue weighted by Gasteiger charge is -2.42. The molecule has 0 N–H and O–H groups in total. The van der Waals surface area contributed by atoms with Gasteiger partial charge >= 0.3 is 0 Å². The summed E-state index contributed by atoms with van der Waals surface area (Å²) >= 11 is 0. The first-order valence-corrected chi connectivity index (χ1v) is 12.2. The minimum absolute atomic E-state index is 0.00175. The molecule has 8 nitrogen and oxygen atoms in total. The first-order valence-electron chi connectivity index (χ1n) is 12.2. The Morgan fingerprint density at radius 2 is 1.55 bits per heavy atom. The lowest BCUT2D eigenvalue weighted by atomic mass is 9.92. The van der Waals surface area contributed by atoms with Gasteiger partial charge in [-0.3, -0.25) is 19.3 Å². The van der Waals surface area contributed by atoms with Crippen LogP contribution in [0.25, 0.3) is 0 Å². The Balaban J connectivity index is 1.38. The zero-order valence-electron chi connectivity index (χ0n) is 19.9. The second kappa shape index (κ2) is 10.7. The molecule has 0 radical (unpaired) electrons. The average molecular weight is 457 g/mol. The van der Waals surface area contributed by atoms with Gasteiger partial charge in [0.1, 0.15) is 6.04 Å². The maximum absolute atomic E-state index is 13.6. The summed E-state index contributed by atoms with van der Waals surface area (Å²) in [5.74, 6) is 0.398. The molecule has 8 heteroatoms. The smallest absolute Gasteiger partial charge is 0.245 e. The van der Waals surface area contributed by atoms with E-state index in [1.807, 2.05) is 41.8 Å². The van der Waals surface area contributed by atoms with E-state index in [9.17, 15) is 14.4 Å². The van der Waals surface area contributed by atoms with E-state index < -0.39 is 6.04 Å². The molecular weight excluding hydrogens is 420 g/mol. The fourth-order valence-electron chi connectivity index (χ4n) is 4.91. The van der Waals surface area contributed by atoms with E-state index in [4.69, 9.17) is 4.74 Å². The van der Waals surface area contributed by atoms with Gasteiger partial charge in [0.15, 0.2) is 0 Å². The van der Waals surface area contributed by atoms with Gasteiger partial charge in [0.05, 0.1) is 19.8 Å². The van der Waals surface area contributed by atoms with E-state index in [1.165, 1.54) is 0 Å². The van der Waals surface area contributed by atoms with Crippen LogP contribution in [0.1, 0.15) is 31.4 Å². The van der Waals surface area contributed by atoms with Gasteiger partial charge in [-0.05, 0) is 17.0 Å². The third-order valence-electron chi connectivity index (χ3n) is 6.84. The zero-order valence-corrected chi connectivity index (χ0v) is 19.9. The van der Waals surface area contributed by atoms with E-state index in [1.54, 1.807) is 4.90 Å². The van der Waals surface area contributed by atoms with Crippen LogP contribution in [0.2, 0.25) is 0 Å². The summed E-state index contributed by atoms with van der Waals surface area (Å²) in [5.41, 5.74) is 2.26. The molecule has 0 aliphatic carbocycles. The summed E-state index contributed by atoms with van der Waals surface area (Å²) < 4.78 is 5.35. The molecule has 2 saturated heterocycles. The van der Waals surface area contributed by atoms with Crippen LogP contribution in [0.5, 0.6) is 0 Å². The molecule has 0 aromatic heterocycles. The van der Waals surface area contributed by atoms with Gasteiger partial charge in [-0.25, -0.2) is 0 Å². The van der Waals surface area contributed by atoms with Gasteiger partial charge in [0, 0.05) is 58.7 Å². The van der Waals surface area contributed by atoms with Gasteiger partial charge in [-0.15, -0.1) is 0 Å². The van der Waals surface area contributed by atoms with Crippen LogP contribution < -0.4 is 0 Å². The van der Waals surface area contributed by atoms with Crippen molar-refractivity contribution in [2.45, 2.75) is 39.3 Å². The molecule has 0 spiro atoms. The number of benzene rings is 1. The van der Waals surface area contributed by atoms with Gasteiger partial charge in [-0.2, -0.15) is 0 Å². The van der Waals surface area contributed by atoms with Crippen molar-refractivity contribution in [2.75, 3.05) is 59.0 Å². The first kappa shape index (κ1) is 23.7. The first-order chi connectivity index (χ1) is 15.9. The molecule has 3 aliphatic heterocycles. The average Bonchev–Trinajstić information content (AvgIpc) is 2.83. The summed E-state index contributed by atoms with van der Waals surface area (Å²) in [5, 5.41) is 0. The number of carbonyl (C=O) groups is 3. The highest BCUT2D eigenvalue weighted by atomic mass is 16.5. The fraction of sp³-hybridized carbons (Fsp3) is 0.640. The summed E-state index contributed by atoms with van der Waals surface area (Å²) in [6, 6.07) is 7.61. The molecule has 3 aliphatic rings. The molecule has 4 rings (SSSR count). The standard InChI is InChI=1S/C25H36N4O4/c1-19(2)15-23(30)29-17-21-6-4-3-5-20(21)16-22(29)25(32)28-9-7-27(8-10-28)24(31)18-26-11-13-33-14-12-26/h3-6,19,22H,7-18H2,1-2H3. The number of nitrogens with zero attached hydrogens (tertiary/aromatic N) is 4. The normalized spacial score (nSPS) is 21.8. The highest BCUT2D eigenvalue weighted by Crippen LogP contribution is 2.26. The number of morpholine rings is 1. The Hall–Kier alpha value is -2.45. The number of carbonyl (C=O) groups excluding carboxylic acids is 3. The van der Waals surface area contributed by atoms with Gasteiger partial charge < -0.3 is 19.4 Å². The van der Waals surface area contributed by atoms with Gasteiger partial charge in [0.2, 0.25) is 17.7 Å². The summed E-state index contributed by atoms with van der Waals surface area (Å²) in [6.45, 7) is 9.97. The quantitative estimate of drug-likeness (QED) is 0.661. The molecule has 3 amide bonds. The molecule has 0 bridgehead atoms. The largest absolute Gasteiger partial charge is 0.379 e. The van der Waals surface area contributed by atoms with Crippen LogP contribution in [0.15, 0.2) is 24.3 Å². The molecule has 0 saturated carbocycles. The van der Waals surface area contributed by atoms with E-state index in [2.05, 4.69) is 11.0 Å². The van der Waals surface area contributed by atoms with E-state index in [-0.39, 0.29) is 23.6 Å². The van der Waals surface area contributed by atoms with E-state index in [0.29, 0.717) is 65.3 Å². The fourth-order valence-corrected chi connectivity index (χ4v) is 4.91. The molecule has 1 unspecified atom stereocenters. The van der Waals surface area contributed by atoms with Crippen molar-refractivity contribution in [3.05, 3.63) is 35.4 Å². The topological polar surface area (TPSA) is 73.4 Å². The number of rotatable bonds is 5. The third-order valence-corrected chi connectivity index (χ3v) is 6.84. The van der Waals surface area contributed by atoms with Crippen molar-refractivity contribution in [3.8, 4) is 0 Å². The molecular formula is C25H36N4O4. The maximum Gasteiger partial charge on any atom is 0.245 e. The predicted octanol–water partition coefficient (Wildman–Crippen LogP) is 0.989. The highest BCUT2D eigenvalue weighted by Gasteiger charge is 2.38. The van der Waals surface area contributed by atoms with E-state index in [0.717, 1.165) is 24.2 Å². The van der Waals surface area contributed by atoms with Crippen molar-refractivity contribution >= 4 is 17.7 Å². The molecule has 33 heavy (non-hydrogen) atoms. The summed E-state index contributed by atoms with van der Waals surface area (Å²) in [7, 11) is 0. The van der Waals surface area contributed by atoms with Crippen LogP contribution in [-0.4, -0.2) is 102 Å². The Labute approximate surface area is 196 Å². The zero-order chi connectivity index (χ0) is 23.4. The number of hydrogen-bond donors (Lipinski definition) is 0. The number of piperazine rings is 1. The summed E-state index contributed by atoms with van der Waals surface area (Å²) in [4.78, 5) is 46.9. The Kier molecular flexibility index (Phi) is 7.65. The number of fused-ring (bicyclic) bond motifs is 1.